The van der Waals surface area contributed by atoms with Crippen LogP contribution >= 0.6 is 0 Å². The summed E-state index contributed by atoms with van der Waals surface area (Å²) in [5.74, 6) is 0.939. The number of nitrogens with one attached hydrogen (secondary N) is 1. The van der Waals surface area contributed by atoms with E-state index in [2.05, 4.69) is 19.2 Å². The fraction of sp³-hybridized carbons (Fsp3) is 0.533. The van der Waals surface area contributed by atoms with Gasteiger partial charge < -0.3 is 16.2 Å². The number of nitrogens with two attached hydrogens (primary N) is 1. The highest BCUT2D eigenvalue weighted by molar-refractivity contribution is 5.91. The Kier molecular flexibility index (Phi) is 5.83. The fourth-order valence-electron chi connectivity index (χ4n) is 2.18. The normalized spacial score (nSPS) is 12.5. The molecule has 0 saturated carbocycles. The second-order valence-electron chi connectivity index (χ2n) is 5.48. The van der Waals surface area contributed by atoms with Gasteiger partial charge in [-0.2, -0.15) is 0 Å². The summed E-state index contributed by atoms with van der Waals surface area (Å²) in [6.07, 6.45) is 1.40. The Labute approximate surface area is 115 Å². The molecular weight excluding hydrogens is 240 g/mol. The van der Waals surface area contributed by atoms with Crippen molar-refractivity contribution in [2.75, 3.05) is 11.9 Å². The quantitative estimate of drug-likeness (QED) is 0.691. The largest absolute Gasteiger partial charge is 0.508 e. The first kappa shape index (κ1) is 15.5. The van der Waals surface area contributed by atoms with Crippen LogP contribution in [0.3, 0.4) is 0 Å². The molecule has 1 atom stereocenters. The third-order valence-corrected chi connectivity index (χ3v) is 3.10. The van der Waals surface area contributed by atoms with Crippen LogP contribution in [-0.2, 0) is 4.79 Å². The summed E-state index contributed by atoms with van der Waals surface area (Å²) in [6.45, 7) is 6.64. The van der Waals surface area contributed by atoms with Crippen LogP contribution in [0.4, 0.5) is 5.69 Å². The average Bonchev–Trinajstić information content (AvgIpc) is 2.31. The Bertz CT molecular complexity index is 430. The van der Waals surface area contributed by atoms with Crippen LogP contribution in [0.1, 0.15) is 32.3 Å². The Morgan fingerprint density at radius 3 is 2.63 bits per heavy atom. The van der Waals surface area contributed by atoms with E-state index in [1.807, 2.05) is 6.92 Å². The zero-order valence-electron chi connectivity index (χ0n) is 11.9. The van der Waals surface area contributed by atoms with E-state index >= 15 is 0 Å². The van der Waals surface area contributed by atoms with Gasteiger partial charge in [0.1, 0.15) is 5.75 Å². The van der Waals surface area contributed by atoms with Crippen LogP contribution in [0.15, 0.2) is 18.2 Å². The number of carbonyl (C=O) groups excluding carboxylic acids is 1. The highest BCUT2D eigenvalue weighted by atomic mass is 16.3. The number of aryl methyl sites for hydroxylation is 1. The number of carbonyl (C=O) groups is 1. The molecule has 0 aliphatic carbocycles. The Morgan fingerprint density at radius 1 is 1.42 bits per heavy atom. The molecule has 0 heterocycles. The number of rotatable bonds is 6. The Hall–Kier alpha value is -1.55. The highest BCUT2D eigenvalue weighted by Crippen LogP contribution is 2.21. The summed E-state index contributed by atoms with van der Waals surface area (Å²) >= 11 is 0. The molecule has 1 aromatic rings. The first-order chi connectivity index (χ1) is 8.92. The van der Waals surface area contributed by atoms with Gasteiger partial charge in [-0.05, 0) is 55.5 Å². The molecule has 0 radical (unpaired) electrons. The summed E-state index contributed by atoms with van der Waals surface area (Å²) in [4.78, 5) is 12.0. The number of hydrogen-bond acceptors (Lipinski definition) is 3. The van der Waals surface area contributed by atoms with Crippen molar-refractivity contribution < 1.29 is 9.90 Å². The number of phenolic OH excluding ortho intramolecular Hbond substituents is 1. The molecule has 4 nitrogen and oxygen atoms in total. The minimum absolute atomic E-state index is 0.0233. The van der Waals surface area contributed by atoms with Crippen molar-refractivity contribution in [3.63, 3.8) is 0 Å². The zero-order valence-corrected chi connectivity index (χ0v) is 11.9. The molecule has 0 aliphatic rings. The van der Waals surface area contributed by atoms with Crippen LogP contribution in [0.25, 0.3) is 0 Å². The van der Waals surface area contributed by atoms with Gasteiger partial charge in [-0.15, -0.1) is 0 Å². The summed E-state index contributed by atoms with van der Waals surface area (Å²) in [6, 6.07) is 4.91. The van der Waals surface area contributed by atoms with Crippen molar-refractivity contribution in [1.29, 1.82) is 0 Å². The van der Waals surface area contributed by atoms with E-state index in [1.54, 1.807) is 18.2 Å². The fourth-order valence-corrected chi connectivity index (χ4v) is 2.18. The number of benzene rings is 1. The molecule has 0 saturated heterocycles. The van der Waals surface area contributed by atoms with Crippen LogP contribution in [0, 0.1) is 18.8 Å². The third-order valence-electron chi connectivity index (χ3n) is 3.10. The number of aromatic hydroxyl groups is 1. The van der Waals surface area contributed by atoms with Gasteiger partial charge in [-0.1, -0.05) is 13.8 Å². The minimum atomic E-state index is -0.0233. The van der Waals surface area contributed by atoms with Crippen LogP contribution < -0.4 is 11.1 Å². The first-order valence-corrected chi connectivity index (χ1v) is 6.72. The standard InChI is InChI=1S/C15H24N2O2/c1-10(2)6-12(9-16)8-15(19)17-14-5-4-13(18)7-11(14)3/h4-5,7,10,12,18H,6,8-9,16H2,1-3H3,(H,17,19)/t12-/m0/s1. The first-order valence-electron chi connectivity index (χ1n) is 6.72. The smallest absolute Gasteiger partial charge is 0.224 e. The predicted molar refractivity (Wildman–Crippen MR) is 78.1 cm³/mol. The number of amides is 1. The van der Waals surface area contributed by atoms with Gasteiger partial charge in [-0.3, -0.25) is 4.79 Å². The SMILES string of the molecule is Cc1cc(O)ccc1NC(=O)C[C@@H](CN)CC(C)C. The van der Waals surface area contributed by atoms with E-state index < -0.39 is 0 Å². The second kappa shape index (κ2) is 7.14. The molecule has 4 N–H and O–H groups in total. The van der Waals surface area contributed by atoms with E-state index in [1.165, 1.54) is 0 Å². The zero-order chi connectivity index (χ0) is 14.4. The summed E-state index contributed by atoms with van der Waals surface area (Å²) in [5.41, 5.74) is 7.29. The maximum absolute atomic E-state index is 12.0. The maximum atomic E-state index is 12.0. The Balaban J connectivity index is 2.59. The van der Waals surface area contributed by atoms with Crippen molar-refractivity contribution in [3.8, 4) is 5.75 Å². The monoisotopic (exact) mass is 264 g/mol. The van der Waals surface area contributed by atoms with Gasteiger partial charge in [0, 0.05) is 12.1 Å². The molecule has 106 valence electrons. The van der Waals surface area contributed by atoms with Gasteiger partial charge >= 0.3 is 0 Å². The lowest BCUT2D eigenvalue weighted by molar-refractivity contribution is -0.117. The second-order valence-corrected chi connectivity index (χ2v) is 5.48. The number of phenols is 1. The van der Waals surface area contributed by atoms with Gasteiger partial charge in [0.05, 0.1) is 0 Å². The molecule has 19 heavy (non-hydrogen) atoms. The van der Waals surface area contributed by atoms with Gasteiger partial charge in [-0.25, -0.2) is 0 Å². The molecule has 0 aliphatic heterocycles. The van der Waals surface area contributed by atoms with Crippen molar-refractivity contribution >= 4 is 11.6 Å². The predicted octanol–water partition coefficient (Wildman–Crippen LogP) is 2.65. The van der Waals surface area contributed by atoms with Gasteiger partial charge in [0.25, 0.3) is 0 Å². The molecule has 0 bridgehead atoms. The lowest BCUT2D eigenvalue weighted by atomic mass is 9.94. The maximum Gasteiger partial charge on any atom is 0.224 e. The lowest BCUT2D eigenvalue weighted by Gasteiger charge is -2.17. The lowest BCUT2D eigenvalue weighted by Crippen LogP contribution is -2.23. The molecule has 0 fully saturated rings. The van der Waals surface area contributed by atoms with E-state index in [-0.39, 0.29) is 17.6 Å². The number of anilines is 1. The highest BCUT2D eigenvalue weighted by Gasteiger charge is 2.14. The number of hydrogen-bond donors (Lipinski definition) is 3. The van der Waals surface area contributed by atoms with Crippen molar-refractivity contribution in [1.82, 2.24) is 0 Å². The van der Waals surface area contributed by atoms with E-state index in [9.17, 15) is 9.90 Å². The molecule has 1 amide bonds. The molecule has 0 aromatic heterocycles. The average molecular weight is 264 g/mol. The topological polar surface area (TPSA) is 75.3 Å². The summed E-state index contributed by atoms with van der Waals surface area (Å²) < 4.78 is 0. The van der Waals surface area contributed by atoms with Crippen LogP contribution in [-0.4, -0.2) is 17.6 Å². The van der Waals surface area contributed by atoms with E-state index in [0.29, 0.717) is 18.9 Å². The van der Waals surface area contributed by atoms with Crippen molar-refractivity contribution in [2.45, 2.75) is 33.6 Å². The van der Waals surface area contributed by atoms with Gasteiger partial charge in [0.2, 0.25) is 5.91 Å². The van der Waals surface area contributed by atoms with Gasteiger partial charge in [0.15, 0.2) is 0 Å². The Morgan fingerprint density at radius 2 is 2.11 bits per heavy atom. The molecule has 1 rings (SSSR count). The van der Waals surface area contributed by atoms with Crippen LogP contribution in [0.2, 0.25) is 0 Å². The van der Waals surface area contributed by atoms with E-state index in [4.69, 9.17) is 5.73 Å². The third kappa shape index (κ3) is 5.30. The van der Waals surface area contributed by atoms with Crippen molar-refractivity contribution in [2.24, 2.45) is 17.6 Å². The molecular formula is C15H24N2O2. The molecule has 1 aromatic carbocycles. The molecule has 0 unspecified atom stereocenters. The van der Waals surface area contributed by atoms with Crippen LogP contribution in [0.5, 0.6) is 5.75 Å². The van der Waals surface area contributed by atoms with Crippen molar-refractivity contribution in [3.05, 3.63) is 23.8 Å². The summed E-state index contributed by atoms with van der Waals surface area (Å²) in [5, 5.41) is 12.2. The summed E-state index contributed by atoms with van der Waals surface area (Å²) in [7, 11) is 0. The molecule has 4 heteroatoms. The molecule has 0 spiro atoms. The minimum Gasteiger partial charge on any atom is -0.508 e. The van der Waals surface area contributed by atoms with E-state index in [0.717, 1.165) is 17.7 Å².